The van der Waals surface area contributed by atoms with Crippen molar-refractivity contribution in [1.82, 2.24) is 0 Å². The Kier molecular flexibility index (Phi) is 4.33. The monoisotopic (exact) mass is 335 g/mol. The zero-order valence-corrected chi connectivity index (χ0v) is 15.0. The molecule has 3 nitrogen and oxygen atoms in total. The van der Waals surface area contributed by atoms with Gasteiger partial charge in [0.15, 0.2) is 0 Å². The van der Waals surface area contributed by atoms with E-state index in [2.05, 4.69) is 45.0 Å². The van der Waals surface area contributed by atoms with Crippen molar-refractivity contribution in [2.75, 3.05) is 0 Å². The first-order valence-corrected chi connectivity index (χ1v) is 8.54. The van der Waals surface area contributed by atoms with Gasteiger partial charge in [0.25, 0.3) is 0 Å². The number of hydrogen-bond acceptors (Lipinski definition) is 3. The molecule has 5 rings (SSSR count). The maximum atomic E-state index is 6.43. The number of hydrogen-bond donors (Lipinski definition) is 1. The van der Waals surface area contributed by atoms with E-state index in [4.69, 9.17) is 15.0 Å². The molecule has 1 aromatic rings. The molecule has 5 heteroatoms. The normalized spacial score (nSPS) is 38.3. The van der Waals surface area contributed by atoms with Crippen LogP contribution in [0.2, 0.25) is 0 Å². The molecule has 0 spiro atoms. The predicted molar refractivity (Wildman–Crippen MR) is 95.5 cm³/mol. The summed E-state index contributed by atoms with van der Waals surface area (Å²) in [6.45, 7) is 7.01. The fourth-order valence-electron chi connectivity index (χ4n) is 5.06. The smallest absolute Gasteiger partial charge is 0.404 e. The second-order valence-electron chi connectivity index (χ2n) is 8.19. The lowest BCUT2D eigenvalue weighted by Gasteiger charge is -2.64. The average molecular weight is 336 g/mol. The first-order chi connectivity index (χ1) is 10.4. The van der Waals surface area contributed by atoms with E-state index in [0.717, 1.165) is 18.8 Å². The summed E-state index contributed by atoms with van der Waals surface area (Å²) < 4.78 is 12.7. The Morgan fingerprint density at radius 2 is 1.91 bits per heavy atom. The zero-order chi connectivity index (χ0) is 15.5. The second-order valence-corrected chi connectivity index (χ2v) is 8.19. The van der Waals surface area contributed by atoms with E-state index in [1.165, 1.54) is 12.0 Å². The lowest BCUT2D eigenvalue weighted by atomic mass is 9.43. The molecule has 5 unspecified atom stereocenters. The highest BCUT2D eigenvalue weighted by molar-refractivity contribution is 6.47. The summed E-state index contributed by atoms with van der Waals surface area (Å²) in [6.07, 6.45) is 3.42. The largest absolute Gasteiger partial charge is 0.475 e. The van der Waals surface area contributed by atoms with Crippen LogP contribution in [-0.4, -0.2) is 24.8 Å². The molecule has 0 amide bonds. The number of rotatable bonds is 3. The first-order valence-electron chi connectivity index (χ1n) is 8.54. The Bertz CT molecular complexity index is 569. The van der Waals surface area contributed by atoms with Crippen LogP contribution in [0.3, 0.4) is 0 Å². The average Bonchev–Trinajstić information content (AvgIpc) is 2.85. The Morgan fingerprint density at radius 3 is 2.57 bits per heavy atom. The molecular weight excluding hydrogens is 308 g/mol. The highest BCUT2D eigenvalue weighted by Crippen LogP contribution is 2.65. The van der Waals surface area contributed by atoms with Gasteiger partial charge in [0.1, 0.15) is 0 Å². The maximum absolute atomic E-state index is 6.43. The molecule has 126 valence electrons. The van der Waals surface area contributed by atoms with Crippen LogP contribution in [0.5, 0.6) is 0 Å². The van der Waals surface area contributed by atoms with Crippen molar-refractivity contribution in [2.45, 2.75) is 57.7 Å². The van der Waals surface area contributed by atoms with Gasteiger partial charge < -0.3 is 15.0 Å². The van der Waals surface area contributed by atoms with Crippen molar-refractivity contribution >= 4 is 19.5 Å². The van der Waals surface area contributed by atoms with Crippen molar-refractivity contribution in [3.05, 3.63) is 35.9 Å². The molecule has 1 aromatic carbocycles. The molecule has 23 heavy (non-hydrogen) atoms. The van der Waals surface area contributed by atoms with Gasteiger partial charge in [0.05, 0.1) is 11.7 Å². The summed E-state index contributed by atoms with van der Waals surface area (Å²) in [6, 6.07) is 10.4. The summed E-state index contributed by atoms with van der Waals surface area (Å²) in [7, 11) is -0.273. The summed E-state index contributed by atoms with van der Waals surface area (Å²) in [5.41, 5.74) is 7.87. The van der Waals surface area contributed by atoms with Crippen molar-refractivity contribution in [3.63, 3.8) is 0 Å². The van der Waals surface area contributed by atoms with Gasteiger partial charge in [-0.05, 0) is 49.0 Å². The maximum Gasteiger partial charge on any atom is 0.475 e. The molecule has 0 aromatic heterocycles. The highest BCUT2D eigenvalue weighted by atomic mass is 35.5. The third kappa shape index (κ3) is 2.55. The van der Waals surface area contributed by atoms with Crippen LogP contribution in [0, 0.1) is 17.3 Å². The number of halogens is 1. The molecular formula is C18H27BClNO2. The molecule has 2 N–H and O–H groups in total. The highest BCUT2D eigenvalue weighted by Gasteiger charge is 2.68. The second kappa shape index (κ2) is 5.77. The minimum Gasteiger partial charge on any atom is -0.404 e. The standard InChI is InChI=1S/C18H26BNO2.ClH/c1-17(2)13-10-14(17)18(3)15(11-13)21-19(22-18)16(20)9-12-7-5-4-6-8-12;/h4-8,13-16H,9-11,20H2,1-3H3;1H. The Labute approximate surface area is 145 Å². The summed E-state index contributed by atoms with van der Waals surface area (Å²) in [4.78, 5) is 0. The third-order valence-corrected chi connectivity index (χ3v) is 6.63. The van der Waals surface area contributed by atoms with Crippen molar-refractivity contribution in [3.8, 4) is 0 Å². The molecule has 4 aliphatic rings. The topological polar surface area (TPSA) is 44.5 Å². The number of nitrogens with two attached hydrogens (primary N) is 1. The van der Waals surface area contributed by atoms with E-state index in [9.17, 15) is 0 Å². The van der Waals surface area contributed by atoms with E-state index < -0.39 is 0 Å². The molecule has 3 aliphatic carbocycles. The fourth-order valence-corrected chi connectivity index (χ4v) is 5.06. The van der Waals surface area contributed by atoms with Crippen LogP contribution in [0.4, 0.5) is 0 Å². The van der Waals surface area contributed by atoms with E-state index in [-0.39, 0.29) is 37.2 Å². The predicted octanol–water partition coefficient (Wildman–Crippen LogP) is 3.25. The molecule has 2 bridgehead atoms. The lowest BCUT2D eigenvalue weighted by molar-refractivity contribution is -0.199. The number of benzene rings is 1. The van der Waals surface area contributed by atoms with Gasteiger partial charge in [-0.1, -0.05) is 44.2 Å². The quantitative estimate of drug-likeness (QED) is 0.862. The van der Waals surface area contributed by atoms with E-state index in [1.54, 1.807) is 0 Å². The van der Waals surface area contributed by atoms with Gasteiger partial charge in [-0.2, -0.15) is 0 Å². The molecule has 5 atom stereocenters. The van der Waals surface area contributed by atoms with Gasteiger partial charge >= 0.3 is 7.12 Å². The van der Waals surface area contributed by atoms with Gasteiger partial charge in [-0.3, -0.25) is 0 Å². The summed E-state index contributed by atoms with van der Waals surface area (Å²) in [5, 5.41) is 0. The minimum absolute atomic E-state index is 0. The van der Waals surface area contributed by atoms with Crippen LogP contribution < -0.4 is 5.73 Å². The van der Waals surface area contributed by atoms with Gasteiger partial charge in [-0.25, -0.2) is 0 Å². The van der Waals surface area contributed by atoms with Gasteiger partial charge in [-0.15, -0.1) is 12.4 Å². The summed E-state index contributed by atoms with van der Waals surface area (Å²) >= 11 is 0. The molecule has 1 heterocycles. The SMILES string of the molecule is CC1(C)C2CC3OB(C(N)Cc4ccccc4)OC3(C)C1C2.Cl. The molecule has 4 fully saturated rings. The van der Waals surface area contributed by atoms with Crippen LogP contribution >= 0.6 is 12.4 Å². The van der Waals surface area contributed by atoms with Gasteiger partial charge in [0, 0.05) is 5.94 Å². The van der Waals surface area contributed by atoms with Crippen LogP contribution in [0.1, 0.15) is 39.2 Å². The van der Waals surface area contributed by atoms with Crippen molar-refractivity contribution in [2.24, 2.45) is 23.0 Å². The van der Waals surface area contributed by atoms with E-state index >= 15 is 0 Å². The summed E-state index contributed by atoms with van der Waals surface area (Å²) in [5.74, 6) is 1.27. The Hall–Kier alpha value is -0.545. The molecule has 1 saturated heterocycles. The zero-order valence-electron chi connectivity index (χ0n) is 14.2. The van der Waals surface area contributed by atoms with Crippen molar-refractivity contribution in [1.29, 1.82) is 0 Å². The lowest BCUT2D eigenvalue weighted by Crippen LogP contribution is -2.65. The van der Waals surface area contributed by atoms with Crippen molar-refractivity contribution < 1.29 is 9.31 Å². The Morgan fingerprint density at radius 1 is 1.22 bits per heavy atom. The van der Waals surface area contributed by atoms with E-state index in [0.29, 0.717) is 11.3 Å². The molecule has 1 aliphatic heterocycles. The first kappa shape index (κ1) is 17.3. The van der Waals surface area contributed by atoms with Crippen LogP contribution in [0.15, 0.2) is 30.3 Å². The molecule has 3 saturated carbocycles. The van der Waals surface area contributed by atoms with Crippen LogP contribution in [0.25, 0.3) is 0 Å². The minimum atomic E-state index is -0.273. The fraction of sp³-hybridized carbons (Fsp3) is 0.667. The third-order valence-electron chi connectivity index (χ3n) is 6.63. The Balaban J connectivity index is 0.00000156. The van der Waals surface area contributed by atoms with Crippen LogP contribution in [-0.2, 0) is 15.7 Å². The van der Waals surface area contributed by atoms with Gasteiger partial charge in [0.2, 0.25) is 0 Å². The van der Waals surface area contributed by atoms with E-state index in [1.807, 2.05) is 6.07 Å². The molecule has 0 radical (unpaired) electrons.